The van der Waals surface area contributed by atoms with Crippen LogP contribution in [0.5, 0.6) is 0 Å². The monoisotopic (exact) mass is 247 g/mol. The fourth-order valence-corrected chi connectivity index (χ4v) is 2.28. The molecule has 0 aliphatic heterocycles. The van der Waals surface area contributed by atoms with Gasteiger partial charge in [-0.15, -0.1) is 11.6 Å². The second-order valence-corrected chi connectivity index (χ2v) is 4.55. The molecule has 1 aliphatic rings. The Kier molecular flexibility index (Phi) is 5.60. The Morgan fingerprint density at radius 2 is 2.19 bits per heavy atom. The van der Waals surface area contributed by atoms with Crippen molar-refractivity contribution in [1.29, 1.82) is 0 Å². The summed E-state index contributed by atoms with van der Waals surface area (Å²) < 4.78 is 4.70. The molecule has 0 radical (unpaired) electrons. The van der Waals surface area contributed by atoms with Gasteiger partial charge < -0.3 is 10.1 Å². The molecule has 0 heterocycles. The van der Waals surface area contributed by atoms with Crippen LogP contribution in [0.1, 0.15) is 32.6 Å². The Hall–Kier alpha value is -0.770. The first-order valence-electron chi connectivity index (χ1n) is 5.70. The first-order valence-corrected chi connectivity index (χ1v) is 6.13. The molecular formula is C11H18ClNO3. The molecule has 1 amide bonds. The molecule has 0 aromatic heterocycles. The van der Waals surface area contributed by atoms with Crippen LogP contribution in [0.3, 0.4) is 0 Å². The van der Waals surface area contributed by atoms with E-state index in [1.165, 1.54) is 0 Å². The second kappa shape index (κ2) is 6.74. The quantitative estimate of drug-likeness (QED) is 0.591. The van der Waals surface area contributed by atoms with Crippen molar-refractivity contribution in [3.05, 3.63) is 0 Å². The van der Waals surface area contributed by atoms with E-state index in [9.17, 15) is 9.59 Å². The highest BCUT2D eigenvalue weighted by Gasteiger charge is 2.27. The molecule has 2 unspecified atom stereocenters. The molecule has 16 heavy (non-hydrogen) atoms. The number of amides is 1. The third kappa shape index (κ3) is 4.39. The van der Waals surface area contributed by atoms with Crippen LogP contribution in [0.2, 0.25) is 0 Å². The number of nitrogens with one attached hydrogen (secondary N) is 1. The number of carbonyl (C=O) groups is 2. The highest BCUT2D eigenvalue weighted by atomic mass is 35.5. The van der Waals surface area contributed by atoms with Crippen LogP contribution >= 0.6 is 11.6 Å². The summed E-state index contributed by atoms with van der Waals surface area (Å²) in [4.78, 5) is 22.5. The van der Waals surface area contributed by atoms with Gasteiger partial charge in [-0.05, 0) is 25.7 Å². The van der Waals surface area contributed by atoms with Crippen molar-refractivity contribution >= 4 is 23.5 Å². The van der Waals surface area contributed by atoms with E-state index in [2.05, 4.69) is 5.32 Å². The SMILES string of the molecule is CCOC(=O)CNC(=O)CC1CCCC1Cl. The maximum atomic E-state index is 11.5. The van der Waals surface area contributed by atoms with Crippen LogP contribution < -0.4 is 5.32 Å². The minimum atomic E-state index is -0.398. The Morgan fingerprint density at radius 3 is 2.75 bits per heavy atom. The summed E-state index contributed by atoms with van der Waals surface area (Å²) in [5.74, 6) is -0.265. The summed E-state index contributed by atoms with van der Waals surface area (Å²) in [7, 11) is 0. The fraction of sp³-hybridized carbons (Fsp3) is 0.818. The Labute approximate surface area is 101 Å². The van der Waals surface area contributed by atoms with Crippen LogP contribution in [0.4, 0.5) is 0 Å². The van der Waals surface area contributed by atoms with Gasteiger partial charge in [0.2, 0.25) is 5.91 Å². The highest BCUT2D eigenvalue weighted by molar-refractivity contribution is 6.21. The van der Waals surface area contributed by atoms with Crippen molar-refractivity contribution in [3.63, 3.8) is 0 Å². The standard InChI is InChI=1S/C11H18ClNO3/c1-2-16-11(15)7-13-10(14)6-8-4-3-5-9(8)12/h8-9H,2-7H2,1H3,(H,13,14). The minimum Gasteiger partial charge on any atom is -0.465 e. The van der Waals surface area contributed by atoms with E-state index in [0.717, 1.165) is 19.3 Å². The van der Waals surface area contributed by atoms with E-state index in [4.69, 9.17) is 16.3 Å². The average molecular weight is 248 g/mol. The zero-order chi connectivity index (χ0) is 12.0. The molecular weight excluding hydrogens is 230 g/mol. The minimum absolute atomic E-state index is 0.0493. The van der Waals surface area contributed by atoms with Gasteiger partial charge in [0.25, 0.3) is 0 Å². The van der Waals surface area contributed by atoms with Gasteiger partial charge in [-0.3, -0.25) is 9.59 Å². The number of hydrogen-bond acceptors (Lipinski definition) is 3. The maximum Gasteiger partial charge on any atom is 0.325 e. The van der Waals surface area contributed by atoms with Crippen LogP contribution in [0.15, 0.2) is 0 Å². The lowest BCUT2D eigenvalue weighted by molar-refractivity contribution is -0.143. The Bertz CT molecular complexity index is 258. The summed E-state index contributed by atoms with van der Waals surface area (Å²) in [5, 5.41) is 2.65. The molecule has 0 bridgehead atoms. The number of carbonyl (C=O) groups excluding carboxylic acids is 2. The number of rotatable bonds is 5. The van der Waals surface area contributed by atoms with Gasteiger partial charge in [-0.25, -0.2) is 0 Å². The summed E-state index contributed by atoms with van der Waals surface area (Å²) in [5.41, 5.74) is 0. The third-order valence-corrected chi connectivity index (χ3v) is 3.32. The molecule has 4 nitrogen and oxygen atoms in total. The van der Waals surface area contributed by atoms with Crippen LogP contribution in [-0.2, 0) is 14.3 Å². The number of ether oxygens (including phenoxy) is 1. The molecule has 0 spiro atoms. The summed E-state index contributed by atoms with van der Waals surface area (Å²) in [6.45, 7) is 2.02. The van der Waals surface area contributed by atoms with Gasteiger partial charge in [0, 0.05) is 11.8 Å². The van der Waals surface area contributed by atoms with Gasteiger partial charge in [-0.2, -0.15) is 0 Å². The lowest BCUT2D eigenvalue weighted by Crippen LogP contribution is -2.32. The van der Waals surface area contributed by atoms with Gasteiger partial charge >= 0.3 is 5.97 Å². The van der Waals surface area contributed by atoms with Crippen molar-refractivity contribution < 1.29 is 14.3 Å². The van der Waals surface area contributed by atoms with E-state index in [0.29, 0.717) is 13.0 Å². The van der Waals surface area contributed by atoms with Crippen LogP contribution in [0.25, 0.3) is 0 Å². The van der Waals surface area contributed by atoms with Crippen LogP contribution in [0, 0.1) is 5.92 Å². The molecule has 0 aromatic carbocycles. The van der Waals surface area contributed by atoms with Crippen LogP contribution in [-0.4, -0.2) is 30.4 Å². The molecule has 0 aromatic rings. The fourth-order valence-electron chi connectivity index (χ4n) is 1.91. The van der Waals surface area contributed by atoms with E-state index >= 15 is 0 Å². The normalized spacial score (nSPS) is 24.1. The van der Waals surface area contributed by atoms with Crippen molar-refractivity contribution in [1.82, 2.24) is 5.32 Å². The third-order valence-electron chi connectivity index (χ3n) is 2.75. The first kappa shape index (κ1) is 13.3. The van der Waals surface area contributed by atoms with Crippen molar-refractivity contribution in [2.45, 2.75) is 38.0 Å². The first-order chi connectivity index (χ1) is 7.63. The molecule has 2 atom stereocenters. The number of alkyl halides is 1. The molecule has 1 aliphatic carbocycles. The van der Waals surface area contributed by atoms with Gasteiger partial charge in [0.05, 0.1) is 6.61 Å². The lowest BCUT2D eigenvalue weighted by Gasteiger charge is -2.12. The smallest absolute Gasteiger partial charge is 0.325 e. The van der Waals surface area contributed by atoms with E-state index < -0.39 is 5.97 Å². The van der Waals surface area contributed by atoms with E-state index in [1.54, 1.807) is 6.92 Å². The second-order valence-electron chi connectivity index (χ2n) is 3.99. The zero-order valence-electron chi connectivity index (χ0n) is 9.50. The number of hydrogen-bond donors (Lipinski definition) is 1. The molecule has 1 N–H and O–H groups in total. The maximum absolute atomic E-state index is 11.5. The Balaban J connectivity index is 2.18. The van der Waals surface area contributed by atoms with E-state index in [1.807, 2.05) is 0 Å². The molecule has 1 rings (SSSR count). The average Bonchev–Trinajstić information content (AvgIpc) is 2.62. The predicted octanol–water partition coefficient (Wildman–Crippen LogP) is 1.46. The lowest BCUT2D eigenvalue weighted by atomic mass is 10.0. The molecule has 1 saturated carbocycles. The number of esters is 1. The Morgan fingerprint density at radius 1 is 1.44 bits per heavy atom. The molecule has 1 fully saturated rings. The zero-order valence-corrected chi connectivity index (χ0v) is 10.3. The number of halogens is 1. The van der Waals surface area contributed by atoms with Crippen molar-refractivity contribution in [2.24, 2.45) is 5.92 Å². The molecule has 5 heteroatoms. The van der Waals surface area contributed by atoms with Gasteiger partial charge in [0.15, 0.2) is 0 Å². The highest BCUT2D eigenvalue weighted by Crippen LogP contribution is 2.32. The molecule has 92 valence electrons. The topological polar surface area (TPSA) is 55.4 Å². The summed E-state index contributed by atoms with van der Waals surface area (Å²) in [6, 6.07) is 0. The summed E-state index contributed by atoms with van der Waals surface area (Å²) >= 11 is 6.06. The predicted molar refractivity (Wildman–Crippen MR) is 61.2 cm³/mol. The van der Waals surface area contributed by atoms with Gasteiger partial charge in [-0.1, -0.05) is 6.42 Å². The van der Waals surface area contributed by atoms with E-state index in [-0.39, 0.29) is 23.7 Å². The van der Waals surface area contributed by atoms with Crippen molar-refractivity contribution in [2.75, 3.05) is 13.2 Å². The molecule has 0 saturated heterocycles. The largest absolute Gasteiger partial charge is 0.465 e. The van der Waals surface area contributed by atoms with Crippen molar-refractivity contribution in [3.8, 4) is 0 Å². The van der Waals surface area contributed by atoms with Gasteiger partial charge in [0.1, 0.15) is 6.54 Å². The summed E-state index contributed by atoms with van der Waals surface area (Å²) in [6.07, 6.45) is 3.48.